The number of rotatable bonds is 16. The van der Waals surface area contributed by atoms with Crippen LogP contribution in [0.15, 0.2) is 0 Å². The number of hydrogen-bond donors (Lipinski definition) is 1. The van der Waals surface area contributed by atoms with E-state index in [2.05, 4.69) is 11.1 Å². The van der Waals surface area contributed by atoms with Crippen LogP contribution in [0.25, 0.3) is 0 Å². The predicted molar refractivity (Wildman–Crippen MR) is 90.5 cm³/mol. The fourth-order valence-electron chi connectivity index (χ4n) is 2.53. The van der Waals surface area contributed by atoms with Crippen molar-refractivity contribution < 1.29 is 26.6 Å². The molecule has 0 aliphatic rings. The van der Waals surface area contributed by atoms with Crippen LogP contribution >= 0.6 is 0 Å². The van der Waals surface area contributed by atoms with Gasteiger partial charge in [-0.15, -0.1) is 0 Å². The van der Waals surface area contributed by atoms with Gasteiger partial charge in [-0.25, -0.2) is 0 Å². The number of ether oxygens (including phenoxy) is 2. The van der Waals surface area contributed by atoms with E-state index in [1.807, 2.05) is 0 Å². The summed E-state index contributed by atoms with van der Waals surface area (Å²) < 4.78 is 46.3. The lowest BCUT2D eigenvalue weighted by Gasteiger charge is -2.30. The van der Waals surface area contributed by atoms with Crippen LogP contribution in [0.5, 0.6) is 0 Å². The largest absolute Gasteiger partial charge is 0.401 e. The summed E-state index contributed by atoms with van der Waals surface area (Å²) >= 11 is 0. The monoisotopic (exact) mass is 354 g/mol. The van der Waals surface area contributed by atoms with E-state index in [0.717, 1.165) is 12.8 Å². The summed E-state index contributed by atoms with van der Waals surface area (Å²) in [6.45, 7) is 6.10. The highest BCUT2D eigenvalue weighted by Crippen LogP contribution is 2.26. The van der Waals surface area contributed by atoms with Gasteiger partial charge in [0.25, 0.3) is 0 Å². The first-order valence-electron chi connectivity index (χ1n) is 8.85. The number of hydrogen-bond acceptors (Lipinski definition) is 5. The molecule has 0 aliphatic carbocycles. The molecule has 0 heterocycles. The van der Waals surface area contributed by atoms with Gasteiger partial charge in [-0.1, -0.05) is 58.3 Å². The predicted octanol–water partition coefficient (Wildman–Crippen LogP) is 4.45. The third kappa shape index (κ3) is 12.8. The summed E-state index contributed by atoms with van der Waals surface area (Å²) in [7, 11) is -4.64. The maximum absolute atomic E-state index is 11.0. The van der Waals surface area contributed by atoms with Gasteiger partial charge in [0, 0.05) is 19.6 Å². The highest BCUT2D eigenvalue weighted by Gasteiger charge is 2.37. The molecule has 0 saturated heterocycles. The Kier molecular flexibility index (Phi) is 13.0. The molecule has 0 radical (unpaired) electrons. The van der Waals surface area contributed by atoms with Crippen LogP contribution in [-0.4, -0.2) is 32.2 Å². The van der Waals surface area contributed by atoms with E-state index in [-0.39, 0.29) is 19.6 Å². The van der Waals surface area contributed by atoms with E-state index >= 15 is 0 Å². The topological polar surface area (TPSA) is 82.1 Å². The third-order valence-corrected chi connectivity index (χ3v) is 4.01. The van der Waals surface area contributed by atoms with Crippen LogP contribution in [0.4, 0.5) is 0 Å². The van der Waals surface area contributed by atoms with Crippen molar-refractivity contribution in [2.45, 2.75) is 91.0 Å². The smallest absolute Gasteiger partial charge is 0.327 e. The van der Waals surface area contributed by atoms with Crippen LogP contribution in [0.1, 0.15) is 85.0 Å². The molecule has 23 heavy (non-hydrogen) atoms. The van der Waals surface area contributed by atoms with Gasteiger partial charge >= 0.3 is 16.4 Å². The standard InChI is InChI=1S/C16H34O6S/c1-4-7-8-9-10-11-12-13-14-15-16(20-5-2,21-6-3)22-23(17,18)19/h4-15H2,1-3H3,(H,17,18,19). The van der Waals surface area contributed by atoms with Gasteiger partial charge in [0.15, 0.2) is 0 Å². The second-order valence-corrected chi connectivity index (χ2v) is 6.66. The molecule has 0 bridgehead atoms. The van der Waals surface area contributed by atoms with Gasteiger partial charge in [0.05, 0.1) is 0 Å². The van der Waals surface area contributed by atoms with Crippen molar-refractivity contribution in [3.63, 3.8) is 0 Å². The second-order valence-electron chi connectivity index (χ2n) is 5.64. The zero-order valence-corrected chi connectivity index (χ0v) is 15.7. The highest BCUT2D eigenvalue weighted by molar-refractivity contribution is 7.80. The van der Waals surface area contributed by atoms with Crippen molar-refractivity contribution in [1.82, 2.24) is 0 Å². The van der Waals surface area contributed by atoms with Gasteiger partial charge in [-0.05, 0) is 20.3 Å². The first kappa shape index (κ1) is 22.8. The highest BCUT2D eigenvalue weighted by atomic mass is 32.3. The molecule has 0 unspecified atom stereocenters. The Balaban J connectivity index is 4.13. The van der Waals surface area contributed by atoms with Gasteiger partial charge < -0.3 is 9.47 Å². The molecular weight excluding hydrogens is 320 g/mol. The third-order valence-electron chi connectivity index (χ3n) is 3.55. The van der Waals surface area contributed by atoms with Crippen molar-refractivity contribution in [1.29, 1.82) is 0 Å². The Bertz CT molecular complexity index is 363. The van der Waals surface area contributed by atoms with Crippen molar-refractivity contribution in [3.8, 4) is 0 Å². The van der Waals surface area contributed by atoms with E-state index in [1.54, 1.807) is 13.8 Å². The van der Waals surface area contributed by atoms with Crippen LogP contribution in [0.3, 0.4) is 0 Å². The fraction of sp³-hybridized carbons (Fsp3) is 1.00. The molecule has 0 aromatic rings. The molecule has 0 spiro atoms. The summed E-state index contributed by atoms with van der Waals surface area (Å²) in [6.07, 6.45) is 10.6. The molecule has 0 saturated carbocycles. The molecule has 0 rings (SSSR count). The van der Waals surface area contributed by atoms with E-state index in [9.17, 15) is 8.42 Å². The van der Waals surface area contributed by atoms with Crippen LogP contribution in [-0.2, 0) is 24.1 Å². The van der Waals surface area contributed by atoms with E-state index in [1.165, 1.54) is 38.5 Å². The zero-order chi connectivity index (χ0) is 17.6. The fourth-order valence-corrected chi connectivity index (χ4v) is 3.03. The van der Waals surface area contributed by atoms with E-state index < -0.39 is 16.4 Å². The molecule has 7 heteroatoms. The zero-order valence-electron chi connectivity index (χ0n) is 14.9. The molecule has 140 valence electrons. The van der Waals surface area contributed by atoms with Crippen LogP contribution in [0.2, 0.25) is 0 Å². The van der Waals surface area contributed by atoms with Gasteiger partial charge in [0.2, 0.25) is 0 Å². The molecule has 6 nitrogen and oxygen atoms in total. The maximum atomic E-state index is 11.0. The summed E-state index contributed by atoms with van der Waals surface area (Å²) in [4.78, 5) is 0. The quantitative estimate of drug-likeness (QED) is 0.250. The van der Waals surface area contributed by atoms with Crippen LogP contribution in [0, 0.1) is 0 Å². The maximum Gasteiger partial charge on any atom is 0.401 e. The van der Waals surface area contributed by atoms with Crippen LogP contribution < -0.4 is 0 Å². The Hall–Kier alpha value is -0.210. The molecule has 0 fully saturated rings. The lowest BCUT2D eigenvalue weighted by atomic mass is 10.1. The number of unbranched alkanes of at least 4 members (excludes halogenated alkanes) is 8. The molecule has 1 N–H and O–H groups in total. The minimum atomic E-state index is -4.64. The summed E-state index contributed by atoms with van der Waals surface area (Å²) in [5, 5.41) is 0. The molecule has 0 aliphatic heterocycles. The van der Waals surface area contributed by atoms with E-state index in [4.69, 9.17) is 14.0 Å². The molecule has 0 aromatic carbocycles. The Morgan fingerprint density at radius 1 is 0.783 bits per heavy atom. The first-order chi connectivity index (χ1) is 10.9. The molecule has 0 aromatic heterocycles. The van der Waals surface area contributed by atoms with Gasteiger partial charge in [0.1, 0.15) is 0 Å². The summed E-state index contributed by atoms with van der Waals surface area (Å²) in [6, 6.07) is 0. The van der Waals surface area contributed by atoms with Gasteiger partial charge in [-0.2, -0.15) is 12.6 Å². The Labute approximate surface area is 141 Å². The van der Waals surface area contributed by atoms with Crippen molar-refractivity contribution in [2.24, 2.45) is 0 Å². The molecule has 0 amide bonds. The summed E-state index contributed by atoms with van der Waals surface area (Å²) in [5.74, 6) is -1.71. The van der Waals surface area contributed by atoms with Crippen molar-refractivity contribution >= 4 is 10.4 Å². The Morgan fingerprint density at radius 2 is 1.22 bits per heavy atom. The van der Waals surface area contributed by atoms with Crippen molar-refractivity contribution in [2.75, 3.05) is 13.2 Å². The molecular formula is C16H34O6S. The van der Waals surface area contributed by atoms with E-state index in [0.29, 0.717) is 6.42 Å². The Morgan fingerprint density at radius 3 is 1.61 bits per heavy atom. The van der Waals surface area contributed by atoms with Gasteiger partial charge in [-0.3, -0.25) is 4.55 Å². The first-order valence-corrected chi connectivity index (χ1v) is 10.2. The summed E-state index contributed by atoms with van der Waals surface area (Å²) in [5.41, 5.74) is 0. The lowest BCUT2D eigenvalue weighted by molar-refractivity contribution is -0.344. The lowest BCUT2D eigenvalue weighted by Crippen LogP contribution is -2.41. The minimum Gasteiger partial charge on any atom is -0.327 e. The van der Waals surface area contributed by atoms with Crippen molar-refractivity contribution in [3.05, 3.63) is 0 Å². The average molecular weight is 355 g/mol. The minimum absolute atomic E-state index is 0.229. The molecule has 0 atom stereocenters. The normalized spacial score (nSPS) is 12.7. The average Bonchev–Trinajstić information content (AvgIpc) is 2.44. The SMILES string of the molecule is CCCCCCCCCCCC(OCC)(OCC)OS(=O)(=O)O. The second kappa shape index (κ2) is 13.1.